The summed E-state index contributed by atoms with van der Waals surface area (Å²) >= 11 is 0. The Labute approximate surface area is 94.8 Å². The van der Waals surface area contributed by atoms with Gasteiger partial charge in [-0.25, -0.2) is 9.97 Å². The summed E-state index contributed by atoms with van der Waals surface area (Å²) in [5, 5.41) is 0. The molecule has 0 aliphatic carbocycles. The van der Waals surface area contributed by atoms with Gasteiger partial charge in [-0.2, -0.15) is 0 Å². The molecule has 0 saturated carbocycles. The van der Waals surface area contributed by atoms with Crippen LogP contribution < -0.4 is 4.74 Å². The van der Waals surface area contributed by atoms with E-state index in [9.17, 15) is 0 Å². The number of aryl methyl sites for hydroxylation is 1. The summed E-state index contributed by atoms with van der Waals surface area (Å²) in [7, 11) is 1.65. The molecule has 1 aromatic heterocycles. The van der Waals surface area contributed by atoms with Crippen molar-refractivity contribution in [2.75, 3.05) is 7.11 Å². The fraction of sp³-hybridized carbons (Fsp3) is 0.231. The molecule has 0 aliphatic heterocycles. The lowest BCUT2D eigenvalue weighted by atomic mass is 10.2. The molecule has 0 fully saturated rings. The third kappa shape index (κ3) is 1.89. The predicted octanol–water partition coefficient (Wildman–Crippen LogP) is 2.98. The van der Waals surface area contributed by atoms with Crippen LogP contribution >= 0.6 is 0 Å². The van der Waals surface area contributed by atoms with Crippen molar-refractivity contribution in [3.05, 3.63) is 35.7 Å². The van der Waals surface area contributed by atoms with Crippen molar-refractivity contribution < 1.29 is 4.74 Å². The second-order valence-electron chi connectivity index (χ2n) is 3.55. The van der Waals surface area contributed by atoms with E-state index in [2.05, 4.69) is 9.97 Å². The molecule has 2 rings (SSSR count). The molecule has 0 radical (unpaired) electrons. The summed E-state index contributed by atoms with van der Waals surface area (Å²) < 4.78 is 5.16. The van der Waals surface area contributed by atoms with E-state index in [-0.39, 0.29) is 0 Å². The van der Waals surface area contributed by atoms with Crippen molar-refractivity contribution in [3.8, 4) is 5.75 Å². The molecule has 0 spiro atoms. The quantitative estimate of drug-likeness (QED) is 0.770. The first-order valence-electron chi connectivity index (χ1n) is 5.19. The normalized spacial score (nSPS) is 11.2. The smallest absolute Gasteiger partial charge is 0.121 e. The molecule has 0 saturated heterocycles. The van der Waals surface area contributed by atoms with Crippen LogP contribution in [0.4, 0.5) is 0 Å². The van der Waals surface area contributed by atoms with E-state index in [4.69, 9.17) is 4.74 Å². The largest absolute Gasteiger partial charge is 0.497 e. The summed E-state index contributed by atoms with van der Waals surface area (Å²) in [4.78, 5) is 9.04. The maximum Gasteiger partial charge on any atom is 0.121 e. The van der Waals surface area contributed by atoms with Gasteiger partial charge in [-0.3, -0.25) is 0 Å². The Balaban J connectivity index is 2.63. The SMILES string of the molecule is C/C=C/c1nc2ccc(OC)cc2nc1C. The monoisotopic (exact) mass is 214 g/mol. The number of hydrogen-bond acceptors (Lipinski definition) is 3. The van der Waals surface area contributed by atoms with Crippen molar-refractivity contribution in [1.82, 2.24) is 9.97 Å². The van der Waals surface area contributed by atoms with Gasteiger partial charge in [0.25, 0.3) is 0 Å². The van der Waals surface area contributed by atoms with Crippen LogP contribution in [0, 0.1) is 6.92 Å². The Bertz CT molecular complexity index is 547. The van der Waals surface area contributed by atoms with Gasteiger partial charge in [0.2, 0.25) is 0 Å². The van der Waals surface area contributed by atoms with E-state index >= 15 is 0 Å². The Hall–Kier alpha value is -1.90. The van der Waals surface area contributed by atoms with E-state index in [1.807, 2.05) is 44.2 Å². The zero-order valence-electron chi connectivity index (χ0n) is 9.69. The lowest BCUT2D eigenvalue weighted by molar-refractivity contribution is 0.415. The zero-order chi connectivity index (χ0) is 11.5. The highest BCUT2D eigenvalue weighted by molar-refractivity contribution is 5.77. The van der Waals surface area contributed by atoms with Crippen molar-refractivity contribution >= 4 is 17.1 Å². The van der Waals surface area contributed by atoms with Gasteiger partial charge < -0.3 is 4.74 Å². The van der Waals surface area contributed by atoms with E-state index in [0.29, 0.717) is 0 Å². The number of fused-ring (bicyclic) bond motifs is 1. The summed E-state index contributed by atoms with van der Waals surface area (Å²) in [6.45, 7) is 3.93. The molecule has 82 valence electrons. The van der Waals surface area contributed by atoms with Crippen molar-refractivity contribution in [3.63, 3.8) is 0 Å². The van der Waals surface area contributed by atoms with Gasteiger partial charge in [-0.1, -0.05) is 6.08 Å². The standard InChI is InChI=1S/C13H14N2O/c1-4-5-11-9(2)14-13-8-10(16-3)6-7-12(13)15-11/h4-8H,1-3H3/b5-4+. The van der Waals surface area contributed by atoms with Gasteiger partial charge in [0.1, 0.15) is 5.75 Å². The number of nitrogens with zero attached hydrogens (tertiary/aromatic N) is 2. The first-order chi connectivity index (χ1) is 7.74. The second-order valence-corrected chi connectivity index (χ2v) is 3.55. The fourth-order valence-electron chi connectivity index (χ4n) is 1.58. The third-order valence-corrected chi connectivity index (χ3v) is 2.41. The molecule has 0 amide bonds. The highest BCUT2D eigenvalue weighted by atomic mass is 16.5. The van der Waals surface area contributed by atoms with Crippen LogP contribution in [0.1, 0.15) is 18.3 Å². The van der Waals surface area contributed by atoms with Gasteiger partial charge in [-0.05, 0) is 32.1 Å². The second kappa shape index (κ2) is 4.31. The van der Waals surface area contributed by atoms with Gasteiger partial charge in [0.05, 0.1) is 29.5 Å². The molecule has 0 atom stereocenters. The van der Waals surface area contributed by atoms with Gasteiger partial charge in [0, 0.05) is 6.07 Å². The van der Waals surface area contributed by atoms with E-state index in [0.717, 1.165) is 28.2 Å². The zero-order valence-corrected chi connectivity index (χ0v) is 9.69. The molecule has 1 aromatic carbocycles. The number of ether oxygens (including phenoxy) is 1. The van der Waals surface area contributed by atoms with Gasteiger partial charge >= 0.3 is 0 Å². The Morgan fingerprint density at radius 1 is 1.19 bits per heavy atom. The van der Waals surface area contributed by atoms with Gasteiger partial charge in [-0.15, -0.1) is 0 Å². The molecule has 3 nitrogen and oxygen atoms in total. The molecule has 0 unspecified atom stereocenters. The molecule has 16 heavy (non-hydrogen) atoms. The number of benzene rings is 1. The lowest BCUT2D eigenvalue weighted by Gasteiger charge is -2.04. The van der Waals surface area contributed by atoms with Crippen LogP contribution in [0.15, 0.2) is 24.3 Å². The Morgan fingerprint density at radius 2 is 2.00 bits per heavy atom. The molecule has 0 N–H and O–H groups in total. The molecule has 0 aliphatic rings. The molecule has 3 heteroatoms. The van der Waals surface area contributed by atoms with E-state index in [1.165, 1.54) is 0 Å². The number of aromatic nitrogens is 2. The number of rotatable bonds is 2. The minimum Gasteiger partial charge on any atom is -0.497 e. The summed E-state index contributed by atoms with van der Waals surface area (Å²) in [5.41, 5.74) is 3.60. The van der Waals surface area contributed by atoms with Crippen LogP contribution in [0.3, 0.4) is 0 Å². The maximum absolute atomic E-state index is 5.16. The van der Waals surface area contributed by atoms with Crippen molar-refractivity contribution in [2.45, 2.75) is 13.8 Å². The first-order valence-corrected chi connectivity index (χ1v) is 5.19. The van der Waals surface area contributed by atoms with Crippen LogP contribution in [0.5, 0.6) is 5.75 Å². The van der Waals surface area contributed by atoms with Crippen molar-refractivity contribution in [2.24, 2.45) is 0 Å². The first kappa shape index (κ1) is 10.6. The van der Waals surface area contributed by atoms with Crippen LogP contribution in [0.2, 0.25) is 0 Å². The Morgan fingerprint density at radius 3 is 2.69 bits per heavy atom. The highest BCUT2D eigenvalue weighted by Crippen LogP contribution is 2.19. The highest BCUT2D eigenvalue weighted by Gasteiger charge is 2.03. The fourth-order valence-corrected chi connectivity index (χ4v) is 1.58. The van der Waals surface area contributed by atoms with Crippen LogP contribution in [-0.2, 0) is 0 Å². The van der Waals surface area contributed by atoms with Crippen LogP contribution in [0.25, 0.3) is 17.1 Å². The van der Waals surface area contributed by atoms with E-state index < -0.39 is 0 Å². The summed E-state index contributed by atoms with van der Waals surface area (Å²) in [6.07, 6.45) is 3.93. The van der Waals surface area contributed by atoms with Gasteiger partial charge in [0.15, 0.2) is 0 Å². The molecular weight excluding hydrogens is 200 g/mol. The molecule has 1 heterocycles. The summed E-state index contributed by atoms with van der Waals surface area (Å²) in [6, 6.07) is 5.72. The van der Waals surface area contributed by atoms with Crippen LogP contribution in [-0.4, -0.2) is 17.1 Å². The van der Waals surface area contributed by atoms with Crippen molar-refractivity contribution in [1.29, 1.82) is 0 Å². The lowest BCUT2D eigenvalue weighted by Crippen LogP contribution is -1.94. The minimum absolute atomic E-state index is 0.806. The average Bonchev–Trinajstić information content (AvgIpc) is 2.30. The number of hydrogen-bond donors (Lipinski definition) is 0. The minimum atomic E-state index is 0.806. The average molecular weight is 214 g/mol. The summed E-state index contributed by atoms with van der Waals surface area (Å²) in [5.74, 6) is 0.806. The predicted molar refractivity (Wildman–Crippen MR) is 65.5 cm³/mol. The Kier molecular flexibility index (Phi) is 2.86. The number of allylic oxidation sites excluding steroid dienone is 1. The topological polar surface area (TPSA) is 35.0 Å². The third-order valence-electron chi connectivity index (χ3n) is 2.41. The number of methoxy groups -OCH3 is 1. The molecular formula is C13H14N2O. The molecule has 2 aromatic rings. The van der Waals surface area contributed by atoms with E-state index in [1.54, 1.807) is 7.11 Å². The maximum atomic E-state index is 5.16. The molecule has 0 bridgehead atoms.